The highest BCUT2D eigenvalue weighted by molar-refractivity contribution is 9.10. The maximum atomic E-state index is 12.4. The van der Waals surface area contributed by atoms with Gasteiger partial charge in [-0.2, -0.15) is 0 Å². The van der Waals surface area contributed by atoms with E-state index in [0.717, 1.165) is 4.47 Å². The van der Waals surface area contributed by atoms with E-state index in [9.17, 15) is 13.2 Å². The molecule has 0 aliphatic rings. The number of carbonyl (C=O) groups is 1. The molecule has 8 heteroatoms. The lowest BCUT2D eigenvalue weighted by Gasteiger charge is -2.20. The first-order valence-corrected chi connectivity index (χ1v) is 10.6. The standard InChI is InChI=1S/C19H23BrN2O4S/c1-13(26-16-10-8-14(20)9-11-16)18(23)21-15-6-5-7-17(12-15)27(24,25)22-19(2,3)4/h5-13,22H,1-4H3,(H,21,23). The van der Waals surface area contributed by atoms with Gasteiger partial charge in [0.05, 0.1) is 4.90 Å². The first-order valence-electron chi connectivity index (χ1n) is 8.33. The Morgan fingerprint density at radius 3 is 2.33 bits per heavy atom. The normalized spacial score (nSPS) is 13.1. The lowest BCUT2D eigenvalue weighted by Crippen LogP contribution is -2.40. The van der Waals surface area contributed by atoms with E-state index in [2.05, 4.69) is 26.0 Å². The highest BCUT2D eigenvalue weighted by atomic mass is 79.9. The van der Waals surface area contributed by atoms with Gasteiger partial charge < -0.3 is 10.1 Å². The minimum absolute atomic E-state index is 0.0803. The molecule has 146 valence electrons. The Labute approximate surface area is 168 Å². The summed E-state index contributed by atoms with van der Waals surface area (Å²) in [7, 11) is -3.69. The maximum Gasteiger partial charge on any atom is 0.265 e. The highest BCUT2D eigenvalue weighted by Gasteiger charge is 2.22. The van der Waals surface area contributed by atoms with Crippen LogP contribution in [0.3, 0.4) is 0 Å². The van der Waals surface area contributed by atoms with Gasteiger partial charge in [0.25, 0.3) is 5.91 Å². The van der Waals surface area contributed by atoms with Crippen molar-refractivity contribution in [1.82, 2.24) is 4.72 Å². The molecule has 0 spiro atoms. The molecule has 0 aliphatic carbocycles. The van der Waals surface area contributed by atoms with Crippen molar-refractivity contribution in [2.24, 2.45) is 0 Å². The molecule has 0 radical (unpaired) electrons. The molecule has 2 rings (SSSR count). The van der Waals surface area contributed by atoms with Crippen LogP contribution in [0.5, 0.6) is 5.75 Å². The Morgan fingerprint density at radius 1 is 1.11 bits per heavy atom. The molecule has 0 heterocycles. The van der Waals surface area contributed by atoms with Gasteiger partial charge in [-0.1, -0.05) is 22.0 Å². The summed E-state index contributed by atoms with van der Waals surface area (Å²) in [5, 5.41) is 2.68. The van der Waals surface area contributed by atoms with Gasteiger partial charge in [0.2, 0.25) is 10.0 Å². The molecule has 2 N–H and O–H groups in total. The van der Waals surface area contributed by atoms with Gasteiger partial charge in [-0.15, -0.1) is 0 Å². The molecule has 0 aromatic heterocycles. The number of anilines is 1. The van der Waals surface area contributed by atoms with Crippen molar-refractivity contribution in [3.8, 4) is 5.75 Å². The van der Waals surface area contributed by atoms with Crippen molar-refractivity contribution < 1.29 is 17.9 Å². The smallest absolute Gasteiger partial charge is 0.265 e. The lowest BCUT2D eigenvalue weighted by atomic mass is 10.1. The van der Waals surface area contributed by atoms with E-state index in [1.165, 1.54) is 12.1 Å². The zero-order chi connectivity index (χ0) is 20.2. The second-order valence-corrected chi connectivity index (χ2v) is 9.68. The Bertz CT molecular complexity index is 906. The summed E-state index contributed by atoms with van der Waals surface area (Å²) in [5.74, 6) is 0.183. The quantitative estimate of drug-likeness (QED) is 0.692. The van der Waals surface area contributed by atoms with Crippen LogP contribution in [0.1, 0.15) is 27.7 Å². The molecule has 2 aromatic carbocycles. The third-order valence-corrected chi connectivity index (χ3v) is 5.63. The molecule has 6 nitrogen and oxygen atoms in total. The van der Waals surface area contributed by atoms with Crippen LogP contribution in [0.4, 0.5) is 5.69 Å². The van der Waals surface area contributed by atoms with Gasteiger partial charge in [0, 0.05) is 15.7 Å². The van der Waals surface area contributed by atoms with Crippen LogP contribution in [-0.4, -0.2) is 26.0 Å². The zero-order valence-corrected chi connectivity index (χ0v) is 18.0. The van der Waals surface area contributed by atoms with Gasteiger partial charge in [-0.3, -0.25) is 4.79 Å². The van der Waals surface area contributed by atoms with E-state index in [1.807, 2.05) is 12.1 Å². The van der Waals surface area contributed by atoms with E-state index in [-0.39, 0.29) is 10.8 Å². The fraction of sp³-hybridized carbons (Fsp3) is 0.316. The first kappa shape index (κ1) is 21.4. The van der Waals surface area contributed by atoms with Gasteiger partial charge in [-0.05, 0) is 70.2 Å². The number of halogens is 1. The fourth-order valence-electron chi connectivity index (χ4n) is 2.22. The molecule has 0 fully saturated rings. The average molecular weight is 455 g/mol. The number of sulfonamides is 1. The molecule has 0 aliphatic heterocycles. The molecular formula is C19H23BrN2O4S. The second-order valence-electron chi connectivity index (χ2n) is 7.09. The van der Waals surface area contributed by atoms with Crippen LogP contribution >= 0.6 is 15.9 Å². The van der Waals surface area contributed by atoms with Crippen molar-refractivity contribution in [3.63, 3.8) is 0 Å². The molecule has 1 unspecified atom stereocenters. The Hall–Kier alpha value is -1.90. The number of rotatable bonds is 6. The molecule has 1 atom stereocenters. The minimum Gasteiger partial charge on any atom is -0.481 e. The van der Waals surface area contributed by atoms with E-state index in [4.69, 9.17) is 4.74 Å². The molecule has 0 saturated heterocycles. The number of ether oxygens (including phenoxy) is 1. The lowest BCUT2D eigenvalue weighted by molar-refractivity contribution is -0.122. The van der Waals surface area contributed by atoms with Crippen LogP contribution in [0.25, 0.3) is 0 Å². The van der Waals surface area contributed by atoms with Crippen LogP contribution < -0.4 is 14.8 Å². The van der Waals surface area contributed by atoms with Gasteiger partial charge in [0.1, 0.15) is 5.75 Å². The SMILES string of the molecule is CC(Oc1ccc(Br)cc1)C(=O)Nc1cccc(S(=O)(=O)NC(C)(C)C)c1. The number of benzene rings is 2. The topological polar surface area (TPSA) is 84.5 Å². The third-order valence-electron chi connectivity index (χ3n) is 3.35. The van der Waals surface area contributed by atoms with Crippen molar-refractivity contribution in [1.29, 1.82) is 0 Å². The molecule has 0 saturated carbocycles. The number of hydrogen-bond acceptors (Lipinski definition) is 4. The largest absolute Gasteiger partial charge is 0.481 e. The van der Waals surface area contributed by atoms with Crippen LogP contribution in [0, 0.1) is 0 Å². The molecule has 2 aromatic rings. The van der Waals surface area contributed by atoms with Crippen molar-refractivity contribution in [2.75, 3.05) is 5.32 Å². The van der Waals surface area contributed by atoms with E-state index in [0.29, 0.717) is 11.4 Å². The van der Waals surface area contributed by atoms with E-state index >= 15 is 0 Å². The van der Waals surface area contributed by atoms with Crippen LogP contribution in [0.15, 0.2) is 57.9 Å². The maximum absolute atomic E-state index is 12.4. The predicted molar refractivity (Wildman–Crippen MR) is 109 cm³/mol. The predicted octanol–water partition coefficient (Wildman–Crippen LogP) is 3.93. The monoisotopic (exact) mass is 454 g/mol. The van der Waals surface area contributed by atoms with Crippen LogP contribution in [0.2, 0.25) is 0 Å². The summed E-state index contributed by atoms with van der Waals surface area (Å²) < 4.78 is 34.0. The van der Waals surface area contributed by atoms with Gasteiger partial charge in [-0.25, -0.2) is 13.1 Å². The Morgan fingerprint density at radius 2 is 1.74 bits per heavy atom. The minimum atomic E-state index is -3.69. The van der Waals surface area contributed by atoms with Crippen LogP contribution in [-0.2, 0) is 14.8 Å². The van der Waals surface area contributed by atoms with E-state index < -0.39 is 21.7 Å². The van der Waals surface area contributed by atoms with Crippen molar-refractivity contribution in [3.05, 3.63) is 53.0 Å². The summed E-state index contributed by atoms with van der Waals surface area (Å²) >= 11 is 3.34. The summed E-state index contributed by atoms with van der Waals surface area (Å²) in [6, 6.07) is 13.2. The number of amides is 1. The van der Waals surface area contributed by atoms with E-state index in [1.54, 1.807) is 52.0 Å². The van der Waals surface area contributed by atoms with Crippen molar-refractivity contribution in [2.45, 2.75) is 44.2 Å². The summed E-state index contributed by atoms with van der Waals surface area (Å²) in [6.45, 7) is 6.91. The summed E-state index contributed by atoms with van der Waals surface area (Å²) in [5.41, 5.74) is -0.228. The molecule has 27 heavy (non-hydrogen) atoms. The average Bonchev–Trinajstić information content (AvgIpc) is 2.55. The zero-order valence-electron chi connectivity index (χ0n) is 15.6. The Balaban J connectivity index is 2.08. The number of nitrogens with one attached hydrogen (secondary N) is 2. The molecule has 1 amide bonds. The highest BCUT2D eigenvalue weighted by Crippen LogP contribution is 2.20. The van der Waals surface area contributed by atoms with Crippen molar-refractivity contribution >= 4 is 37.5 Å². The first-order chi connectivity index (χ1) is 12.5. The summed E-state index contributed by atoms with van der Waals surface area (Å²) in [4.78, 5) is 12.4. The Kier molecular flexibility index (Phi) is 6.67. The fourth-order valence-corrected chi connectivity index (χ4v) is 3.95. The number of carbonyl (C=O) groups excluding carboxylic acids is 1. The summed E-state index contributed by atoms with van der Waals surface area (Å²) in [6.07, 6.45) is -0.751. The van der Waals surface area contributed by atoms with Gasteiger partial charge >= 0.3 is 0 Å². The second kappa shape index (κ2) is 8.41. The number of hydrogen-bond donors (Lipinski definition) is 2. The third kappa shape index (κ3) is 6.64. The van der Waals surface area contributed by atoms with Gasteiger partial charge in [0.15, 0.2) is 6.10 Å². The molecular weight excluding hydrogens is 432 g/mol. The molecule has 0 bridgehead atoms.